The highest BCUT2D eigenvalue weighted by Gasteiger charge is 2.36. The van der Waals surface area contributed by atoms with Crippen LogP contribution in [0.1, 0.15) is 44.7 Å². The Morgan fingerprint density at radius 3 is 2.00 bits per heavy atom. The van der Waals surface area contributed by atoms with Gasteiger partial charge in [-0.2, -0.15) is 0 Å². The molecule has 6 nitrogen and oxygen atoms in total. The smallest absolute Gasteiger partial charge is 0.410 e. The van der Waals surface area contributed by atoms with Crippen molar-refractivity contribution in [1.82, 2.24) is 4.90 Å². The molecular formula is C24H29NO5. The molecule has 6 heteroatoms. The van der Waals surface area contributed by atoms with Gasteiger partial charge in [-0.15, -0.1) is 0 Å². The van der Waals surface area contributed by atoms with Crippen molar-refractivity contribution in [2.45, 2.75) is 51.4 Å². The number of hydrogen-bond donors (Lipinski definition) is 1. The number of rotatable bonds is 6. The lowest BCUT2D eigenvalue weighted by Gasteiger charge is -2.33. The predicted octanol–water partition coefficient (Wildman–Crippen LogP) is 4.52. The van der Waals surface area contributed by atoms with Gasteiger partial charge in [0, 0.05) is 13.0 Å². The molecule has 3 rings (SSSR count). The summed E-state index contributed by atoms with van der Waals surface area (Å²) in [6.45, 7) is 7.32. The molecule has 1 amide bonds. The number of carboxylic acids is 1. The molecule has 0 saturated carbocycles. The zero-order valence-corrected chi connectivity index (χ0v) is 18.1. The molecule has 2 aromatic rings. The summed E-state index contributed by atoms with van der Waals surface area (Å²) in [5.74, 6) is -1.22. The number of carbonyl (C=O) groups is 2. The number of nitrogens with zero attached hydrogens (tertiary/aromatic N) is 1. The van der Waals surface area contributed by atoms with Crippen LogP contribution in [-0.2, 0) is 14.3 Å². The molecule has 0 bridgehead atoms. The first kappa shape index (κ1) is 21.8. The first-order chi connectivity index (χ1) is 14.1. The Kier molecular flexibility index (Phi) is 6.17. The Labute approximate surface area is 177 Å². The third-order valence-electron chi connectivity index (χ3n) is 5.28. The maximum atomic E-state index is 12.7. The topological polar surface area (TPSA) is 76.1 Å². The molecule has 160 valence electrons. The summed E-state index contributed by atoms with van der Waals surface area (Å²) in [6.07, 6.45) is -1.39. The normalized spacial score (nSPS) is 15.1. The molecule has 0 aliphatic heterocycles. The maximum absolute atomic E-state index is 12.7. The van der Waals surface area contributed by atoms with E-state index in [0.717, 1.165) is 27.2 Å². The van der Waals surface area contributed by atoms with Gasteiger partial charge in [-0.05, 0) is 49.9 Å². The van der Waals surface area contributed by atoms with E-state index in [9.17, 15) is 14.7 Å². The van der Waals surface area contributed by atoms with Gasteiger partial charge < -0.3 is 14.6 Å². The summed E-state index contributed by atoms with van der Waals surface area (Å²) in [7, 11) is 1.43. The summed E-state index contributed by atoms with van der Waals surface area (Å²) < 4.78 is 11.4. The highest BCUT2D eigenvalue weighted by molar-refractivity contribution is 5.81. The van der Waals surface area contributed by atoms with Crippen LogP contribution in [0.2, 0.25) is 0 Å². The van der Waals surface area contributed by atoms with Crippen molar-refractivity contribution >= 4 is 12.1 Å². The van der Waals surface area contributed by atoms with Crippen LogP contribution in [-0.4, -0.2) is 53.5 Å². The number of benzene rings is 2. The summed E-state index contributed by atoms with van der Waals surface area (Å²) >= 11 is 0. The molecule has 30 heavy (non-hydrogen) atoms. The van der Waals surface area contributed by atoms with E-state index in [-0.39, 0.29) is 12.5 Å². The lowest BCUT2D eigenvalue weighted by atomic mass is 9.98. The van der Waals surface area contributed by atoms with Crippen molar-refractivity contribution in [3.05, 3.63) is 59.7 Å². The largest absolute Gasteiger partial charge is 0.480 e. The van der Waals surface area contributed by atoms with Gasteiger partial charge in [-0.1, -0.05) is 48.5 Å². The van der Waals surface area contributed by atoms with E-state index in [1.807, 2.05) is 57.2 Å². The molecule has 2 atom stereocenters. The molecule has 0 saturated heterocycles. The minimum atomic E-state index is -1.15. The predicted molar refractivity (Wildman–Crippen MR) is 115 cm³/mol. The number of hydrogen-bond acceptors (Lipinski definition) is 4. The number of amides is 1. The minimum absolute atomic E-state index is 0.0822. The Bertz CT molecular complexity index is 888. The average Bonchev–Trinajstić information content (AvgIpc) is 2.98. The van der Waals surface area contributed by atoms with E-state index in [1.165, 1.54) is 7.05 Å². The highest BCUT2D eigenvalue weighted by atomic mass is 16.6. The van der Waals surface area contributed by atoms with E-state index < -0.39 is 29.8 Å². The molecule has 0 spiro atoms. The second-order valence-corrected chi connectivity index (χ2v) is 8.63. The fourth-order valence-electron chi connectivity index (χ4n) is 4.11. The van der Waals surface area contributed by atoms with Crippen LogP contribution in [0.5, 0.6) is 0 Å². The van der Waals surface area contributed by atoms with Crippen molar-refractivity contribution in [3.63, 3.8) is 0 Å². The molecule has 1 aliphatic carbocycles. The average molecular weight is 411 g/mol. The first-order valence-corrected chi connectivity index (χ1v) is 10.1. The monoisotopic (exact) mass is 411 g/mol. The maximum Gasteiger partial charge on any atom is 0.410 e. The quantitative estimate of drug-likeness (QED) is 0.756. The van der Waals surface area contributed by atoms with E-state index in [2.05, 4.69) is 12.1 Å². The number of aliphatic carboxylic acids is 1. The van der Waals surface area contributed by atoms with Gasteiger partial charge in [0.05, 0.1) is 11.7 Å². The van der Waals surface area contributed by atoms with Crippen molar-refractivity contribution in [2.75, 3.05) is 13.7 Å². The van der Waals surface area contributed by atoms with Crippen LogP contribution in [0.4, 0.5) is 4.79 Å². The lowest BCUT2D eigenvalue weighted by Crippen LogP contribution is -2.51. The molecule has 2 aromatic carbocycles. The van der Waals surface area contributed by atoms with Gasteiger partial charge in [-0.25, -0.2) is 9.59 Å². The first-order valence-electron chi connectivity index (χ1n) is 10.1. The van der Waals surface area contributed by atoms with Gasteiger partial charge in [0.1, 0.15) is 6.61 Å². The Morgan fingerprint density at radius 1 is 1.03 bits per heavy atom. The summed E-state index contributed by atoms with van der Waals surface area (Å²) in [6, 6.07) is 15.0. The summed E-state index contributed by atoms with van der Waals surface area (Å²) in [5.41, 5.74) is 3.95. The Balaban J connectivity index is 1.74. The van der Waals surface area contributed by atoms with Crippen LogP contribution < -0.4 is 0 Å². The molecule has 0 aromatic heterocycles. The number of ether oxygens (including phenoxy) is 2. The van der Waals surface area contributed by atoms with Crippen LogP contribution in [0.25, 0.3) is 11.1 Å². The number of carbonyl (C=O) groups excluding carboxylic acids is 1. The lowest BCUT2D eigenvalue weighted by molar-refractivity contribution is -0.153. The van der Waals surface area contributed by atoms with Crippen molar-refractivity contribution < 1.29 is 24.2 Å². The van der Waals surface area contributed by atoms with Crippen molar-refractivity contribution in [1.29, 1.82) is 0 Å². The van der Waals surface area contributed by atoms with Gasteiger partial charge in [0.25, 0.3) is 0 Å². The molecule has 1 N–H and O–H groups in total. The molecule has 2 unspecified atom stereocenters. The zero-order chi connectivity index (χ0) is 22.1. The van der Waals surface area contributed by atoms with Crippen LogP contribution in [0, 0.1) is 0 Å². The molecule has 1 aliphatic rings. The standard InChI is InChI=1S/C24H29NO5/c1-15(30-24(2,3)4)21(22(26)27)25(5)23(28)29-14-20-18-12-8-6-10-16(18)17-11-7-9-13-19(17)20/h6-13,15,20-21H,14H2,1-5H3,(H,26,27). The molecule has 0 heterocycles. The third kappa shape index (κ3) is 4.49. The van der Waals surface area contributed by atoms with E-state index in [1.54, 1.807) is 6.92 Å². The van der Waals surface area contributed by atoms with Gasteiger partial charge in [0.2, 0.25) is 0 Å². The highest BCUT2D eigenvalue weighted by Crippen LogP contribution is 2.44. The zero-order valence-electron chi connectivity index (χ0n) is 18.1. The van der Waals surface area contributed by atoms with Crippen molar-refractivity contribution in [2.24, 2.45) is 0 Å². The van der Waals surface area contributed by atoms with E-state index >= 15 is 0 Å². The fourth-order valence-corrected chi connectivity index (χ4v) is 4.11. The van der Waals surface area contributed by atoms with Crippen molar-refractivity contribution in [3.8, 4) is 11.1 Å². The molecular weight excluding hydrogens is 382 g/mol. The number of fused-ring (bicyclic) bond motifs is 3. The van der Waals surface area contributed by atoms with Gasteiger partial charge in [0.15, 0.2) is 6.04 Å². The molecule has 0 radical (unpaired) electrons. The van der Waals surface area contributed by atoms with Crippen LogP contribution in [0.3, 0.4) is 0 Å². The number of carboxylic acid groups (broad SMARTS) is 1. The van der Waals surface area contributed by atoms with Gasteiger partial charge >= 0.3 is 12.1 Å². The van der Waals surface area contributed by atoms with Crippen LogP contribution in [0.15, 0.2) is 48.5 Å². The number of likely N-dealkylation sites (N-methyl/N-ethyl adjacent to an activating group) is 1. The second-order valence-electron chi connectivity index (χ2n) is 8.63. The van der Waals surface area contributed by atoms with E-state index in [4.69, 9.17) is 9.47 Å². The molecule has 0 fully saturated rings. The Hall–Kier alpha value is -2.86. The SMILES string of the molecule is CC(OC(C)(C)C)C(C(=O)O)N(C)C(=O)OCC1c2ccccc2-c2ccccc21. The van der Waals surface area contributed by atoms with Crippen LogP contribution >= 0.6 is 0 Å². The summed E-state index contributed by atoms with van der Waals surface area (Å²) in [5, 5.41) is 9.67. The van der Waals surface area contributed by atoms with Gasteiger partial charge in [-0.3, -0.25) is 4.90 Å². The second kappa shape index (κ2) is 8.48. The van der Waals surface area contributed by atoms with E-state index in [0.29, 0.717) is 0 Å². The minimum Gasteiger partial charge on any atom is -0.480 e. The third-order valence-corrected chi connectivity index (χ3v) is 5.28. The summed E-state index contributed by atoms with van der Waals surface area (Å²) in [4.78, 5) is 25.7. The Morgan fingerprint density at radius 2 is 1.53 bits per heavy atom. The fraction of sp³-hybridized carbons (Fsp3) is 0.417.